The summed E-state index contributed by atoms with van der Waals surface area (Å²) in [5.74, 6) is 10.4. The van der Waals surface area contributed by atoms with Crippen molar-refractivity contribution >= 4 is 5.91 Å². The monoisotopic (exact) mass is 272 g/mol. The van der Waals surface area contributed by atoms with Gasteiger partial charge >= 0.3 is 0 Å². The number of carbonyl (C=O) groups excluding carboxylic acids is 1. The van der Waals surface area contributed by atoms with Gasteiger partial charge in [0.25, 0.3) is 5.91 Å². The van der Waals surface area contributed by atoms with Gasteiger partial charge in [-0.15, -0.1) is 0 Å². The maximum atomic E-state index is 12.1. The first-order valence-electron chi connectivity index (χ1n) is 8.25. The van der Waals surface area contributed by atoms with Crippen LogP contribution in [0.25, 0.3) is 0 Å². The first-order chi connectivity index (χ1) is 9.69. The predicted molar refractivity (Wildman–Crippen MR) is 77.5 cm³/mol. The van der Waals surface area contributed by atoms with Crippen LogP contribution in [0.4, 0.5) is 0 Å². The highest BCUT2D eigenvalue weighted by molar-refractivity contribution is 5.93. The summed E-state index contributed by atoms with van der Waals surface area (Å²) >= 11 is 0. The lowest BCUT2D eigenvalue weighted by Gasteiger charge is -2.52. The summed E-state index contributed by atoms with van der Waals surface area (Å²) in [6.07, 6.45) is 7.87. The molecule has 1 heterocycles. The van der Waals surface area contributed by atoms with E-state index in [1.807, 2.05) is 4.90 Å². The average Bonchev–Trinajstić information content (AvgIpc) is 2.83. The summed E-state index contributed by atoms with van der Waals surface area (Å²) in [6.45, 7) is 1.48. The largest absolute Gasteiger partial charge is 0.330 e. The number of likely N-dealkylation sites (tertiary alicyclic amines) is 1. The van der Waals surface area contributed by atoms with Crippen LogP contribution in [0.1, 0.15) is 38.5 Å². The van der Waals surface area contributed by atoms with Crippen molar-refractivity contribution in [2.45, 2.75) is 44.6 Å². The van der Waals surface area contributed by atoms with Gasteiger partial charge in [0, 0.05) is 25.0 Å². The Morgan fingerprint density at radius 1 is 1.05 bits per heavy atom. The summed E-state index contributed by atoms with van der Waals surface area (Å²) in [5, 5.41) is 0. The van der Waals surface area contributed by atoms with Crippen LogP contribution in [0.2, 0.25) is 0 Å². The Bertz CT molecular complexity index is 447. The van der Waals surface area contributed by atoms with Gasteiger partial charge in [-0.3, -0.25) is 4.79 Å². The molecule has 0 radical (unpaired) electrons. The molecule has 1 aliphatic heterocycles. The van der Waals surface area contributed by atoms with Gasteiger partial charge in [-0.1, -0.05) is 5.92 Å². The van der Waals surface area contributed by atoms with E-state index in [-0.39, 0.29) is 11.9 Å². The van der Waals surface area contributed by atoms with E-state index in [2.05, 4.69) is 11.8 Å². The number of carbonyl (C=O) groups is 1. The van der Waals surface area contributed by atoms with E-state index in [1.165, 1.54) is 32.1 Å². The predicted octanol–water partition coefficient (Wildman–Crippen LogP) is 1.62. The highest BCUT2D eigenvalue weighted by atomic mass is 16.2. The van der Waals surface area contributed by atoms with Crippen LogP contribution in [0.3, 0.4) is 0 Å². The van der Waals surface area contributed by atoms with Gasteiger partial charge in [0.1, 0.15) is 0 Å². The highest BCUT2D eigenvalue weighted by Crippen LogP contribution is 2.56. The van der Waals surface area contributed by atoms with Crippen molar-refractivity contribution in [1.29, 1.82) is 0 Å². The van der Waals surface area contributed by atoms with E-state index in [0.29, 0.717) is 12.5 Å². The third-order valence-corrected chi connectivity index (χ3v) is 6.08. The van der Waals surface area contributed by atoms with E-state index >= 15 is 0 Å². The second-order valence-corrected chi connectivity index (χ2v) is 7.53. The molecule has 0 spiro atoms. The molecule has 20 heavy (non-hydrogen) atoms. The molecular formula is C17H24N2O. The first-order valence-corrected chi connectivity index (χ1v) is 8.25. The molecule has 4 bridgehead atoms. The molecule has 108 valence electrons. The molecular weight excluding hydrogens is 248 g/mol. The quantitative estimate of drug-likeness (QED) is 0.681. The van der Waals surface area contributed by atoms with Gasteiger partial charge in [0.2, 0.25) is 0 Å². The van der Waals surface area contributed by atoms with E-state index in [9.17, 15) is 4.79 Å². The van der Waals surface area contributed by atoms with Crippen LogP contribution in [0, 0.1) is 41.4 Å². The fourth-order valence-electron chi connectivity index (χ4n) is 5.36. The molecule has 0 aromatic carbocycles. The molecule has 3 nitrogen and oxygen atoms in total. The van der Waals surface area contributed by atoms with Crippen LogP contribution in [-0.2, 0) is 4.79 Å². The molecule has 4 aliphatic carbocycles. The van der Waals surface area contributed by atoms with Gasteiger partial charge in [-0.05, 0) is 68.1 Å². The lowest BCUT2D eigenvalue weighted by Crippen LogP contribution is -2.44. The third kappa shape index (κ3) is 2.15. The van der Waals surface area contributed by atoms with Crippen LogP contribution in [0.15, 0.2) is 0 Å². The average molecular weight is 272 g/mol. The summed E-state index contributed by atoms with van der Waals surface area (Å²) in [7, 11) is 0. The molecule has 1 unspecified atom stereocenters. The molecule has 0 aromatic heterocycles. The second kappa shape index (κ2) is 4.77. The number of hydrogen-bond acceptors (Lipinski definition) is 2. The molecule has 3 heteroatoms. The number of hydrogen-bond donors (Lipinski definition) is 1. The summed E-state index contributed by atoms with van der Waals surface area (Å²) in [6, 6.07) is 0.155. The van der Waals surface area contributed by atoms with Crippen LogP contribution < -0.4 is 5.73 Å². The molecule has 1 amide bonds. The standard InChI is InChI=1S/C17H24N2O/c18-15-3-4-19(10-15)17(20)2-1-16-13-6-11-5-12(8-13)9-14(16)7-11/h11-16H,3-10,18H2. The Morgan fingerprint density at radius 3 is 2.25 bits per heavy atom. The fraction of sp³-hybridized carbons (Fsp3) is 0.824. The zero-order chi connectivity index (χ0) is 13.7. The highest BCUT2D eigenvalue weighted by Gasteiger charge is 2.47. The lowest BCUT2D eigenvalue weighted by atomic mass is 9.52. The molecule has 0 aromatic rings. The first kappa shape index (κ1) is 12.7. The fourth-order valence-corrected chi connectivity index (χ4v) is 5.36. The Hall–Kier alpha value is -1.01. The van der Waals surface area contributed by atoms with Crippen molar-refractivity contribution in [3.05, 3.63) is 0 Å². The lowest BCUT2D eigenvalue weighted by molar-refractivity contribution is -0.124. The van der Waals surface area contributed by atoms with Crippen LogP contribution >= 0.6 is 0 Å². The molecule has 5 fully saturated rings. The molecule has 5 aliphatic rings. The van der Waals surface area contributed by atoms with Gasteiger partial charge in [-0.2, -0.15) is 0 Å². The Balaban J connectivity index is 1.44. The van der Waals surface area contributed by atoms with Crippen molar-refractivity contribution in [3.63, 3.8) is 0 Å². The number of amides is 1. The van der Waals surface area contributed by atoms with Gasteiger partial charge in [-0.25, -0.2) is 0 Å². The van der Waals surface area contributed by atoms with Crippen molar-refractivity contribution < 1.29 is 4.79 Å². The minimum absolute atomic E-state index is 0.00626. The van der Waals surface area contributed by atoms with Crippen LogP contribution in [0.5, 0.6) is 0 Å². The van der Waals surface area contributed by atoms with Crippen molar-refractivity contribution in [2.75, 3.05) is 13.1 Å². The zero-order valence-corrected chi connectivity index (χ0v) is 12.1. The van der Waals surface area contributed by atoms with Crippen molar-refractivity contribution in [1.82, 2.24) is 4.90 Å². The zero-order valence-electron chi connectivity index (χ0n) is 12.1. The van der Waals surface area contributed by atoms with E-state index < -0.39 is 0 Å². The number of nitrogens with two attached hydrogens (primary N) is 1. The SMILES string of the molecule is NC1CCN(C(=O)C#CC2C3CC4CC(C3)CC2C4)C1. The smallest absolute Gasteiger partial charge is 0.298 e. The molecule has 1 atom stereocenters. The number of nitrogens with zero attached hydrogens (tertiary/aromatic N) is 1. The van der Waals surface area contributed by atoms with Crippen molar-refractivity contribution in [2.24, 2.45) is 35.3 Å². The van der Waals surface area contributed by atoms with Gasteiger partial charge < -0.3 is 10.6 Å². The minimum Gasteiger partial charge on any atom is -0.330 e. The summed E-state index contributed by atoms with van der Waals surface area (Å²) in [5.41, 5.74) is 5.85. The van der Waals surface area contributed by atoms with Gasteiger partial charge in [0.05, 0.1) is 0 Å². The minimum atomic E-state index is 0.00626. The van der Waals surface area contributed by atoms with Gasteiger partial charge in [0.15, 0.2) is 0 Å². The van der Waals surface area contributed by atoms with E-state index in [4.69, 9.17) is 5.73 Å². The molecule has 2 N–H and O–H groups in total. The third-order valence-electron chi connectivity index (χ3n) is 6.08. The maximum absolute atomic E-state index is 12.1. The van der Waals surface area contributed by atoms with E-state index in [0.717, 1.165) is 36.6 Å². The Labute approximate surface area is 121 Å². The maximum Gasteiger partial charge on any atom is 0.298 e. The molecule has 4 saturated carbocycles. The summed E-state index contributed by atoms with van der Waals surface area (Å²) in [4.78, 5) is 14.0. The topological polar surface area (TPSA) is 46.3 Å². The Kier molecular flexibility index (Phi) is 3.03. The second-order valence-electron chi connectivity index (χ2n) is 7.53. The van der Waals surface area contributed by atoms with Crippen LogP contribution in [-0.4, -0.2) is 29.9 Å². The van der Waals surface area contributed by atoms with E-state index in [1.54, 1.807) is 0 Å². The normalized spacial score (nSPS) is 45.4. The van der Waals surface area contributed by atoms with Crippen molar-refractivity contribution in [3.8, 4) is 11.8 Å². The molecule has 1 saturated heterocycles. The number of rotatable bonds is 0. The summed E-state index contributed by atoms with van der Waals surface area (Å²) < 4.78 is 0. The Morgan fingerprint density at radius 2 is 1.70 bits per heavy atom. The molecule has 5 rings (SSSR count).